The van der Waals surface area contributed by atoms with E-state index in [4.69, 9.17) is 9.47 Å². The molecule has 0 fully saturated rings. The van der Waals surface area contributed by atoms with Crippen LogP contribution in [0.3, 0.4) is 0 Å². The third kappa shape index (κ3) is 5.15. The average Bonchev–Trinajstić information content (AvgIpc) is 2.72. The Labute approximate surface area is 176 Å². The van der Waals surface area contributed by atoms with E-state index in [1.54, 1.807) is 0 Å². The van der Waals surface area contributed by atoms with Gasteiger partial charge in [-0.15, -0.1) is 0 Å². The molecule has 0 unspecified atom stereocenters. The molecule has 0 radical (unpaired) electrons. The molecule has 1 amide bonds. The molecular weight excluding hydrogens is 412 g/mol. The highest BCUT2D eigenvalue weighted by Crippen LogP contribution is 2.33. The van der Waals surface area contributed by atoms with Crippen molar-refractivity contribution in [1.82, 2.24) is 24.9 Å². The van der Waals surface area contributed by atoms with Crippen LogP contribution in [0.5, 0.6) is 11.8 Å². The summed E-state index contributed by atoms with van der Waals surface area (Å²) in [5.41, 5.74) is 1.19. The molecule has 3 heterocycles. The van der Waals surface area contributed by atoms with Crippen molar-refractivity contribution < 1.29 is 23.0 Å². The fourth-order valence-corrected chi connectivity index (χ4v) is 2.55. The van der Waals surface area contributed by atoms with Crippen LogP contribution < -0.4 is 20.1 Å². The van der Waals surface area contributed by atoms with E-state index in [2.05, 4.69) is 35.6 Å². The van der Waals surface area contributed by atoms with Gasteiger partial charge in [0.25, 0.3) is 11.8 Å². The third-order valence-electron chi connectivity index (χ3n) is 3.89. The quantitative estimate of drug-likeness (QED) is 0.580. The topological polar surface area (TPSA) is 124 Å². The highest BCUT2D eigenvalue weighted by molar-refractivity contribution is 5.89. The Morgan fingerprint density at radius 2 is 1.77 bits per heavy atom. The highest BCUT2D eigenvalue weighted by Gasteiger charge is 2.28. The summed E-state index contributed by atoms with van der Waals surface area (Å²) in [6.07, 6.45) is 4.10. The number of aromatic nitrogens is 5. The van der Waals surface area contributed by atoms with Crippen molar-refractivity contribution in [1.29, 1.82) is 0 Å². The molecule has 31 heavy (non-hydrogen) atoms. The van der Waals surface area contributed by atoms with Gasteiger partial charge in [-0.25, -0.2) is 24.9 Å². The number of nitrogens with zero attached hydrogens (tertiary/aromatic N) is 5. The van der Waals surface area contributed by atoms with Crippen LogP contribution in [-0.2, 0) is 10.7 Å². The fraction of sp³-hybridized carbons (Fsp3) is 0.263. The minimum absolute atomic E-state index is 0.112. The Bertz CT molecular complexity index is 1110. The number of rotatable bonds is 7. The van der Waals surface area contributed by atoms with E-state index < -0.39 is 11.7 Å². The van der Waals surface area contributed by atoms with Gasteiger partial charge in [-0.3, -0.25) is 4.79 Å². The number of ether oxygens (including phenoxy) is 2. The molecule has 3 aromatic rings. The summed E-state index contributed by atoms with van der Waals surface area (Å²) < 4.78 is 37.5. The van der Waals surface area contributed by atoms with Crippen LogP contribution in [0, 0.1) is 0 Å². The van der Waals surface area contributed by atoms with Gasteiger partial charge in [-0.05, 0) is 6.07 Å². The molecule has 0 aromatic carbocycles. The normalized spacial score (nSPS) is 11.0. The Hall–Kier alpha value is -3.96. The molecule has 0 spiro atoms. The lowest BCUT2D eigenvalue weighted by Crippen LogP contribution is -2.13. The molecule has 10 nitrogen and oxygen atoms in total. The lowest BCUT2D eigenvalue weighted by molar-refractivity contribution is -0.114. The van der Waals surface area contributed by atoms with Crippen LogP contribution >= 0.6 is 0 Å². The molecule has 0 aliphatic rings. The lowest BCUT2D eigenvalue weighted by atomic mass is 10.1. The van der Waals surface area contributed by atoms with E-state index in [1.165, 1.54) is 51.9 Å². The second kappa shape index (κ2) is 8.81. The maximum atomic E-state index is 13.6. The van der Waals surface area contributed by atoms with Crippen molar-refractivity contribution >= 4 is 23.2 Å². The number of hydrogen-bond acceptors (Lipinski definition) is 9. The molecule has 0 aliphatic carbocycles. The van der Waals surface area contributed by atoms with E-state index >= 15 is 0 Å². The Balaban J connectivity index is 2.08. The van der Waals surface area contributed by atoms with Gasteiger partial charge in [0.05, 0.1) is 31.8 Å². The first kappa shape index (κ1) is 21.7. The van der Waals surface area contributed by atoms with Crippen molar-refractivity contribution in [2.24, 2.45) is 0 Å². The van der Waals surface area contributed by atoms with E-state index in [0.29, 0.717) is 23.9 Å². The van der Waals surface area contributed by atoms with Crippen LogP contribution in [0.4, 0.5) is 26.1 Å². The fourth-order valence-electron chi connectivity index (χ4n) is 2.55. The molecule has 0 atom stereocenters. The van der Waals surface area contributed by atoms with Gasteiger partial charge in [-0.2, -0.15) is 8.78 Å². The predicted molar refractivity (Wildman–Crippen MR) is 108 cm³/mol. The van der Waals surface area contributed by atoms with Crippen LogP contribution in [-0.4, -0.2) is 45.0 Å². The lowest BCUT2D eigenvalue weighted by Gasteiger charge is -2.15. The van der Waals surface area contributed by atoms with E-state index in [-0.39, 0.29) is 29.3 Å². The molecule has 2 N–H and O–H groups in total. The molecule has 0 saturated carbocycles. The summed E-state index contributed by atoms with van der Waals surface area (Å²) in [6.45, 7) is 2.04. The Kier molecular flexibility index (Phi) is 6.18. The Morgan fingerprint density at radius 3 is 2.42 bits per heavy atom. The number of amides is 1. The minimum atomic E-state index is -3.21. The summed E-state index contributed by atoms with van der Waals surface area (Å²) in [6, 6.07) is 2.94. The first-order chi connectivity index (χ1) is 14.7. The van der Waals surface area contributed by atoms with E-state index in [0.717, 1.165) is 0 Å². The van der Waals surface area contributed by atoms with Crippen LogP contribution in [0.15, 0.2) is 30.7 Å². The van der Waals surface area contributed by atoms with Gasteiger partial charge in [0.2, 0.25) is 11.7 Å². The number of carbonyl (C=O) groups is 1. The van der Waals surface area contributed by atoms with E-state index in [1.807, 2.05) is 0 Å². The van der Waals surface area contributed by atoms with E-state index in [9.17, 15) is 13.6 Å². The number of hydrogen-bond donors (Lipinski definition) is 2. The minimum Gasteiger partial charge on any atom is -0.477 e. The zero-order valence-corrected chi connectivity index (χ0v) is 17.1. The van der Waals surface area contributed by atoms with Crippen molar-refractivity contribution in [3.63, 3.8) is 0 Å². The summed E-state index contributed by atoms with van der Waals surface area (Å²) in [7, 11) is 2.85. The molecule has 3 aromatic heterocycles. The number of halogens is 2. The monoisotopic (exact) mass is 431 g/mol. The van der Waals surface area contributed by atoms with Gasteiger partial charge < -0.3 is 20.1 Å². The predicted octanol–water partition coefficient (Wildman–Crippen LogP) is 3.16. The maximum absolute atomic E-state index is 13.6. The summed E-state index contributed by atoms with van der Waals surface area (Å²) in [5, 5.41) is 5.51. The van der Waals surface area contributed by atoms with Crippen LogP contribution in [0.25, 0.3) is 11.3 Å². The molecule has 0 bridgehead atoms. The second-order valence-corrected chi connectivity index (χ2v) is 6.35. The number of anilines is 3. The van der Waals surface area contributed by atoms with Gasteiger partial charge in [0.1, 0.15) is 11.6 Å². The smallest absolute Gasteiger partial charge is 0.303 e. The van der Waals surface area contributed by atoms with Crippen molar-refractivity contribution in [3.8, 4) is 23.0 Å². The standard InChI is InChI=1S/C19H19F2N7O3/c1-10(29)25-15-7-12(26-14-5-6-22-18(28-14)19(2,20)21)11(8-23-15)13-9-24-16(30-3)17(27-13)31-4/h5-9H,1-4H3,(H2,22,23,25,26,28,29). The summed E-state index contributed by atoms with van der Waals surface area (Å²) in [5.74, 6) is -3.49. The number of alkyl halides is 2. The summed E-state index contributed by atoms with van der Waals surface area (Å²) in [4.78, 5) is 31.6. The van der Waals surface area contributed by atoms with Crippen LogP contribution in [0.2, 0.25) is 0 Å². The van der Waals surface area contributed by atoms with Gasteiger partial charge in [-0.1, -0.05) is 0 Å². The zero-order chi connectivity index (χ0) is 22.6. The zero-order valence-electron chi connectivity index (χ0n) is 17.1. The SMILES string of the molecule is COc1ncc(-c2cnc(NC(C)=O)cc2Nc2ccnc(C(C)(F)F)n2)nc1OC. The van der Waals surface area contributed by atoms with Gasteiger partial charge in [0.15, 0.2) is 0 Å². The first-order valence-corrected chi connectivity index (χ1v) is 8.92. The largest absolute Gasteiger partial charge is 0.477 e. The van der Waals surface area contributed by atoms with Crippen molar-refractivity contribution in [2.75, 3.05) is 24.9 Å². The van der Waals surface area contributed by atoms with Crippen LogP contribution in [0.1, 0.15) is 19.7 Å². The first-order valence-electron chi connectivity index (χ1n) is 8.92. The summed E-state index contributed by atoms with van der Waals surface area (Å²) >= 11 is 0. The molecule has 162 valence electrons. The number of methoxy groups -OCH3 is 2. The Morgan fingerprint density at radius 1 is 1.03 bits per heavy atom. The number of pyridine rings is 1. The number of carbonyl (C=O) groups excluding carboxylic acids is 1. The van der Waals surface area contributed by atoms with Gasteiger partial charge >= 0.3 is 5.92 Å². The van der Waals surface area contributed by atoms with Crippen molar-refractivity contribution in [3.05, 3.63) is 36.5 Å². The molecule has 0 aliphatic heterocycles. The molecule has 3 rings (SSSR count). The second-order valence-electron chi connectivity index (χ2n) is 6.35. The molecule has 12 heteroatoms. The van der Waals surface area contributed by atoms with Crippen molar-refractivity contribution in [2.45, 2.75) is 19.8 Å². The number of nitrogens with one attached hydrogen (secondary N) is 2. The highest BCUT2D eigenvalue weighted by atomic mass is 19.3. The van der Waals surface area contributed by atoms with Gasteiger partial charge in [0, 0.05) is 37.9 Å². The molecule has 0 saturated heterocycles. The third-order valence-corrected chi connectivity index (χ3v) is 3.89. The molecular formula is C19H19F2N7O3. The maximum Gasteiger partial charge on any atom is 0.303 e. The average molecular weight is 431 g/mol.